The Morgan fingerprint density at radius 2 is 2.11 bits per heavy atom. The van der Waals surface area contributed by atoms with Crippen LogP contribution in [0.5, 0.6) is 0 Å². The molecule has 4 rings (SSSR count). The van der Waals surface area contributed by atoms with Crippen LogP contribution in [0.2, 0.25) is 0 Å². The van der Waals surface area contributed by atoms with Gasteiger partial charge in [-0.15, -0.1) is 0 Å². The molecule has 4 nitrogen and oxygen atoms in total. The van der Waals surface area contributed by atoms with Crippen molar-refractivity contribution >= 4 is 5.91 Å². The highest BCUT2D eigenvalue weighted by molar-refractivity contribution is 5.81. The first kappa shape index (κ1) is 12.2. The van der Waals surface area contributed by atoms with Gasteiger partial charge in [-0.25, -0.2) is 0 Å². The minimum atomic E-state index is 0.265. The van der Waals surface area contributed by atoms with E-state index >= 15 is 0 Å². The average Bonchev–Trinajstić information content (AvgIpc) is 2.86. The zero-order valence-electron chi connectivity index (χ0n) is 11.5. The van der Waals surface area contributed by atoms with Crippen LogP contribution in [0.25, 0.3) is 0 Å². The molecule has 0 aromatic carbocycles. The molecule has 1 aliphatic carbocycles. The topological polar surface area (TPSA) is 41.6 Å². The van der Waals surface area contributed by atoms with Crippen LogP contribution in [0.4, 0.5) is 0 Å². The second kappa shape index (κ2) is 4.74. The molecule has 19 heavy (non-hydrogen) atoms. The van der Waals surface area contributed by atoms with Crippen LogP contribution in [-0.2, 0) is 9.53 Å². The summed E-state index contributed by atoms with van der Waals surface area (Å²) in [5, 5.41) is 3.59. The van der Waals surface area contributed by atoms with Crippen LogP contribution in [0.15, 0.2) is 0 Å². The average molecular weight is 264 g/mol. The van der Waals surface area contributed by atoms with Gasteiger partial charge in [0.15, 0.2) is 0 Å². The number of hydrogen-bond acceptors (Lipinski definition) is 3. The smallest absolute Gasteiger partial charge is 0.227 e. The van der Waals surface area contributed by atoms with E-state index in [1.54, 1.807) is 0 Å². The highest BCUT2D eigenvalue weighted by Gasteiger charge is 2.46. The van der Waals surface area contributed by atoms with Crippen molar-refractivity contribution in [3.8, 4) is 0 Å². The molecule has 4 unspecified atom stereocenters. The van der Waals surface area contributed by atoms with E-state index in [-0.39, 0.29) is 5.92 Å². The lowest BCUT2D eigenvalue weighted by molar-refractivity contribution is -0.137. The first-order chi connectivity index (χ1) is 9.31. The number of carbonyl (C=O) groups is 1. The van der Waals surface area contributed by atoms with Crippen molar-refractivity contribution in [2.24, 2.45) is 11.8 Å². The van der Waals surface area contributed by atoms with Crippen LogP contribution >= 0.6 is 0 Å². The summed E-state index contributed by atoms with van der Waals surface area (Å²) in [6.45, 7) is 2.68. The van der Waals surface area contributed by atoms with Crippen LogP contribution in [-0.4, -0.2) is 48.7 Å². The number of fused-ring (bicyclic) bond motifs is 2. The molecule has 2 bridgehead atoms. The molecule has 4 aliphatic rings. The van der Waals surface area contributed by atoms with Gasteiger partial charge in [0.05, 0.1) is 12.5 Å². The number of ether oxygens (including phenoxy) is 1. The van der Waals surface area contributed by atoms with Crippen molar-refractivity contribution in [1.82, 2.24) is 10.2 Å². The minimum Gasteiger partial charge on any atom is -0.381 e. The van der Waals surface area contributed by atoms with E-state index in [2.05, 4.69) is 10.2 Å². The largest absolute Gasteiger partial charge is 0.381 e. The lowest BCUT2D eigenvalue weighted by Gasteiger charge is -2.30. The molecule has 1 amide bonds. The van der Waals surface area contributed by atoms with Crippen LogP contribution in [0, 0.1) is 11.8 Å². The molecule has 0 radical (unpaired) electrons. The maximum Gasteiger partial charge on any atom is 0.227 e. The summed E-state index contributed by atoms with van der Waals surface area (Å²) in [6, 6.07) is 1.64. The van der Waals surface area contributed by atoms with Crippen LogP contribution < -0.4 is 5.32 Å². The molecule has 4 fully saturated rings. The van der Waals surface area contributed by atoms with Gasteiger partial charge < -0.3 is 15.0 Å². The minimum absolute atomic E-state index is 0.265. The van der Waals surface area contributed by atoms with Gasteiger partial charge >= 0.3 is 0 Å². The van der Waals surface area contributed by atoms with Gasteiger partial charge in [0, 0.05) is 37.2 Å². The molecule has 106 valence electrons. The van der Waals surface area contributed by atoms with E-state index in [9.17, 15) is 4.79 Å². The van der Waals surface area contributed by atoms with Gasteiger partial charge in [0.25, 0.3) is 0 Å². The molecule has 1 saturated carbocycles. The quantitative estimate of drug-likeness (QED) is 0.828. The molecule has 0 spiro atoms. The standard InChI is InChI=1S/C15H24N2O2/c18-15(13-7-11-1-4-14(13)16-11)17(12-2-3-12)8-10-5-6-19-9-10/h10-14,16H,1-9H2. The normalized spacial score (nSPS) is 40.8. The second-order valence-corrected chi connectivity index (χ2v) is 6.84. The highest BCUT2D eigenvalue weighted by atomic mass is 16.5. The zero-order valence-corrected chi connectivity index (χ0v) is 11.5. The van der Waals surface area contributed by atoms with E-state index in [1.165, 1.54) is 25.7 Å². The summed E-state index contributed by atoms with van der Waals surface area (Å²) in [5.41, 5.74) is 0. The number of nitrogens with one attached hydrogen (secondary N) is 1. The highest BCUT2D eigenvalue weighted by Crippen LogP contribution is 2.37. The van der Waals surface area contributed by atoms with E-state index in [0.717, 1.165) is 32.6 Å². The number of rotatable bonds is 4. The van der Waals surface area contributed by atoms with Gasteiger partial charge in [-0.05, 0) is 38.5 Å². The lowest BCUT2D eigenvalue weighted by Crippen LogP contribution is -2.44. The Morgan fingerprint density at radius 3 is 2.68 bits per heavy atom. The summed E-state index contributed by atoms with van der Waals surface area (Å²) in [6.07, 6.45) is 7.11. The van der Waals surface area contributed by atoms with E-state index < -0.39 is 0 Å². The van der Waals surface area contributed by atoms with Crippen molar-refractivity contribution in [3.05, 3.63) is 0 Å². The predicted molar refractivity (Wildman–Crippen MR) is 71.7 cm³/mol. The van der Waals surface area contributed by atoms with Gasteiger partial charge in [-0.3, -0.25) is 4.79 Å². The summed E-state index contributed by atoms with van der Waals surface area (Å²) < 4.78 is 5.46. The van der Waals surface area contributed by atoms with Gasteiger partial charge in [-0.2, -0.15) is 0 Å². The fraction of sp³-hybridized carbons (Fsp3) is 0.933. The molecule has 0 aromatic heterocycles. The monoisotopic (exact) mass is 264 g/mol. The molecule has 3 saturated heterocycles. The Bertz CT molecular complexity index is 363. The lowest BCUT2D eigenvalue weighted by atomic mass is 9.88. The third-order valence-electron chi connectivity index (χ3n) is 5.37. The number of carbonyl (C=O) groups excluding carboxylic acids is 1. The summed E-state index contributed by atoms with van der Waals surface area (Å²) >= 11 is 0. The Hall–Kier alpha value is -0.610. The second-order valence-electron chi connectivity index (χ2n) is 6.84. The number of hydrogen-bond donors (Lipinski definition) is 1. The molecular weight excluding hydrogens is 240 g/mol. The number of nitrogens with zero attached hydrogens (tertiary/aromatic N) is 1. The van der Waals surface area contributed by atoms with Gasteiger partial charge in [-0.1, -0.05) is 0 Å². The Balaban J connectivity index is 1.43. The van der Waals surface area contributed by atoms with Crippen molar-refractivity contribution < 1.29 is 9.53 Å². The third kappa shape index (κ3) is 2.29. The molecule has 4 heteroatoms. The maximum atomic E-state index is 12.8. The van der Waals surface area contributed by atoms with Crippen molar-refractivity contribution in [3.63, 3.8) is 0 Å². The number of amides is 1. The molecule has 4 atom stereocenters. The van der Waals surface area contributed by atoms with Crippen LogP contribution in [0.3, 0.4) is 0 Å². The van der Waals surface area contributed by atoms with Gasteiger partial charge in [0.2, 0.25) is 5.91 Å². The molecule has 3 heterocycles. The Morgan fingerprint density at radius 1 is 1.21 bits per heavy atom. The first-order valence-electron chi connectivity index (χ1n) is 7.95. The Kier molecular flexibility index (Phi) is 3.03. The fourth-order valence-corrected chi connectivity index (χ4v) is 4.12. The molecule has 0 aromatic rings. The zero-order chi connectivity index (χ0) is 12.8. The molecule has 1 N–H and O–H groups in total. The summed E-state index contributed by atoms with van der Waals surface area (Å²) in [5.74, 6) is 1.28. The SMILES string of the molecule is O=C(C1CC2CCC1N2)N(CC1CCOC1)C1CC1. The van der Waals surface area contributed by atoms with E-state index in [1.807, 2.05) is 0 Å². The predicted octanol–water partition coefficient (Wildman–Crippen LogP) is 1.15. The van der Waals surface area contributed by atoms with Crippen molar-refractivity contribution in [1.29, 1.82) is 0 Å². The van der Waals surface area contributed by atoms with Crippen molar-refractivity contribution in [2.45, 2.75) is 56.7 Å². The van der Waals surface area contributed by atoms with Crippen molar-refractivity contribution in [2.75, 3.05) is 19.8 Å². The first-order valence-corrected chi connectivity index (χ1v) is 7.95. The van der Waals surface area contributed by atoms with E-state index in [0.29, 0.717) is 30.0 Å². The van der Waals surface area contributed by atoms with Gasteiger partial charge in [0.1, 0.15) is 0 Å². The summed E-state index contributed by atoms with van der Waals surface area (Å²) in [4.78, 5) is 15.1. The fourth-order valence-electron chi connectivity index (χ4n) is 4.12. The summed E-state index contributed by atoms with van der Waals surface area (Å²) in [7, 11) is 0. The van der Waals surface area contributed by atoms with Crippen LogP contribution in [0.1, 0.15) is 38.5 Å². The van der Waals surface area contributed by atoms with E-state index in [4.69, 9.17) is 4.74 Å². The molecule has 3 aliphatic heterocycles. The molecular formula is C15H24N2O2. The third-order valence-corrected chi connectivity index (χ3v) is 5.37. The maximum absolute atomic E-state index is 12.8. The Labute approximate surface area is 114 Å².